The smallest absolute Gasteiger partial charge is 0.126 e. The first-order valence-electron chi connectivity index (χ1n) is 5.38. The van der Waals surface area contributed by atoms with Crippen molar-refractivity contribution in [2.24, 2.45) is 0 Å². The zero-order valence-electron chi connectivity index (χ0n) is 9.26. The van der Waals surface area contributed by atoms with E-state index in [1.165, 1.54) is 6.07 Å². The molecule has 1 aromatic carbocycles. The Balaban J connectivity index is 2.97. The van der Waals surface area contributed by atoms with Gasteiger partial charge in [0, 0.05) is 0 Å². The van der Waals surface area contributed by atoms with Gasteiger partial charge < -0.3 is 0 Å². The summed E-state index contributed by atoms with van der Waals surface area (Å²) in [7, 11) is 0. The summed E-state index contributed by atoms with van der Waals surface area (Å²) in [6.45, 7) is 4.13. The molecule has 0 fully saturated rings. The lowest BCUT2D eigenvalue weighted by atomic mass is 9.92. The van der Waals surface area contributed by atoms with E-state index in [1.54, 1.807) is 0 Å². The molecule has 15 heavy (non-hydrogen) atoms. The molecule has 0 N–H and O–H groups in total. The van der Waals surface area contributed by atoms with E-state index in [1.807, 2.05) is 18.2 Å². The number of benzene rings is 1. The topological polar surface area (TPSA) is 23.8 Å². The molecular formula is C13H16FN. The Morgan fingerprint density at radius 2 is 2.00 bits per heavy atom. The van der Waals surface area contributed by atoms with Crippen molar-refractivity contribution in [2.75, 3.05) is 0 Å². The third-order valence-corrected chi connectivity index (χ3v) is 2.77. The van der Waals surface area contributed by atoms with Crippen LogP contribution in [0.15, 0.2) is 18.2 Å². The van der Waals surface area contributed by atoms with E-state index < -0.39 is 0 Å². The lowest BCUT2D eigenvalue weighted by molar-refractivity contribution is 0.557. The molecule has 80 valence electrons. The largest absolute Gasteiger partial charge is 0.207 e. The second kappa shape index (κ2) is 5.50. The normalized spacial score (nSPS) is 10.3. The zero-order chi connectivity index (χ0) is 11.3. The molecule has 0 radical (unpaired) electrons. The van der Waals surface area contributed by atoms with Crippen molar-refractivity contribution in [3.05, 3.63) is 35.1 Å². The zero-order valence-corrected chi connectivity index (χ0v) is 9.26. The first-order chi connectivity index (χ1) is 7.22. The number of nitriles is 1. The molecule has 0 saturated heterocycles. The van der Waals surface area contributed by atoms with Crippen LogP contribution >= 0.6 is 0 Å². The van der Waals surface area contributed by atoms with Gasteiger partial charge in [-0.25, -0.2) is 4.39 Å². The van der Waals surface area contributed by atoms with E-state index in [-0.39, 0.29) is 12.2 Å². The first-order valence-corrected chi connectivity index (χ1v) is 5.38. The number of hydrogen-bond donors (Lipinski definition) is 0. The Morgan fingerprint density at radius 1 is 1.33 bits per heavy atom. The highest BCUT2D eigenvalue weighted by Crippen LogP contribution is 2.26. The highest BCUT2D eigenvalue weighted by Gasteiger charge is 2.12. The fraction of sp³-hybridized carbons (Fsp3) is 0.462. The molecule has 0 bridgehead atoms. The van der Waals surface area contributed by atoms with Crippen molar-refractivity contribution in [1.29, 1.82) is 5.26 Å². The predicted molar refractivity (Wildman–Crippen MR) is 59.0 cm³/mol. The standard InChI is InChI=1S/C13H16FN/c1-3-11(4-2)12-6-5-10(7-8-15)9-13(12)14/h5-6,9,11H,3-4,7H2,1-2H3. The molecule has 1 rings (SSSR count). The second-order valence-corrected chi connectivity index (χ2v) is 3.70. The van der Waals surface area contributed by atoms with E-state index in [9.17, 15) is 4.39 Å². The maximum Gasteiger partial charge on any atom is 0.126 e. The van der Waals surface area contributed by atoms with E-state index in [0.717, 1.165) is 24.0 Å². The molecule has 0 aliphatic rings. The maximum atomic E-state index is 13.7. The molecule has 0 amide bonds. The van der Waals surface area contributed by atoms with Crippen LogP contribution in [0.4, 0.5) is 4.39 Å². The second-order valence-electron chi connectivity index (χ2n) is 3.70. The summed E-state index contributed by atoms with van der Waals surface area (Å²) >= 11 is 0. The summed E-state index contributed by atoms with van der Waals surface area (Å²) in [4.78, 5) is 0. The molecule has 0 spiro atoms. The highest BCUT2D eigenvalue weighted by molar-refractivity contribution is 5.28. The highest BCUT2D eigenvalue weighted by atomic mass is 19.1. The Kier molecular flexibility index (Phi) is 4.30. The van der Waals surface area contributed by atoms with Crippen LogP contribution in [0.2, 0.25) is 0 Å². The molecule has 0 saturated carbocycles. The van der Waals surface area contributed by atoms with E-state index in [4.69, 9.17) is 5.26 Å². The average Bonchev–Trinajstić information content (AvgIpc) is 2.23. The minimum Gasteiger partial charge on any atom is -0.207 e. The van der Waals surface area contributed by atoms with E-state index in [0.29, 0.717) is 5.92 Å². The molecule has 2 heteroatoms. The van der Waals surface area contributed by atoms with Gasteiger partial charge in [-0.05, 0) is 36.0 Å². The molecule has 0 heterocycles. The summed E-state index contributed by atoms with van der Waals surface area (Å²) in [5.74, 6) is 0.123. The van der Waals surface area contributed by atoms with Crippen LogP contribution < -0.4 is 0 Å². The van der Waals surface area contributed by atoms with Crippen LogP contribution in [-0.4, -0.2) is 0 Å². The Morgan fingerprint density at radius 3 is 2.47 bits per heavy atom. The van der Waals surface area contributed by atoms with Crippen LogP contribution in [0.25, 0.3) is 0 Å². The van der Waals surface area contributed by atoms with Crippen LogP contribution in [-0.2, 0) is 6.42 Å². The van der Waals surface area contributed by atoms with Crippen molar-refractivity contribution in [3.8, 4) is 6.07 Å². The number of nitrogens with zero attached hydrogens (tertiary/aromatic N) is 1. The quantitative estimate of drug-likeness (QED) is 0.733. The van der Waals surface area contributed by atoms with Crippen LogP contribution in [0.5, 0.6) is 0 Å². The SMILES string of the molecule is CCC(CC)c1ccc(CC#N)cc1F. The van der Waals surface area contributed by atoms with Gasteiger partial charge in [0.15, 0.2) is 0 Å². The van der Waals surface area contributed by atoms with Crippen molar-refractivity contribution in [1.82, 2.24) is 0 Å². The van der Waals surface area contributed by atoms with Gasteiger partial charge in [0.25, 0.3) is 0 Å². The van der Waals surface area contributed by atoms with Crippen molar-refractivity contribution in [3.63, 3.8) is 0 Å². The van der Waals surface area contributed by atoms with Crippen LogP contribution in [0.1, 0.15) is 43.7 Å². The third-order valence-electron chi connectivity index (χ3n) is 2.77. The lowest BCUT2D eigenvalue weighted by Gasteiger charge is -2.14. The molecule has 0 aliphatic carbocycles. The number of halogens is 1. The molecule has 1 nitrogen and oxygen atoms in total. The number of rotatable bonds is 4. The van der Waals surface area contributed by atoms with Gasteiger partial charge >= 0.3 is 0 Å². The summed E-state index contributed by atoms with van der Waals surface area (Å²) in [6.07, 6.45) is 2.18. The third kappa shape index (κ3) is 2.79. The summed E-state index contributed by atoms with van der Waals surface area (Å²) in [6, 6.07) is 7.17. The van der Waals surface area contributed by atoms with Gasteiger partial charge in [-0.3, -0.25) is 0 Å². The van der Waals surface area contributed by atoms with Crippen LogP contribution in [0, 0.1) is 17.1 Å². The summed E-state index contributed by atoms with van der Waals surface area (Å²) in [5, 5.41) is 8.51. The minimum atomic E-state index is -0.170. The Bertz CT molecular complexity index is 361. The van der Waals surface area contributed by atoms with Crippen molar-refractivity contribution >= 4 is 0 Å². The Hall–Kier alpha value is -1.36. The van der Waals surface area contributed by atoms with Gasteiger partial charge in [0.2, 0.25) is 0 Å². The monoisotopic (exact) mass is 205 g/mol. The fourth-order valence-corrected chi connectivity index (χ4v) is 1.83. The predicted octanol–water partition coefficient (Wildman–Crippen LogP) is 3.80. The molecule has 0 aromatic heterocycles. The molecule has 0 aliphatic heterocycles. The molecular weight excluding hydrogens is 189 g/mol. The Labute approximate surface area is 90.5 Å². The summed E-state index contributed by atoms with van der Waals surface area (Å²) < 4.78 is 13.7. The van der Waals surface area contributed by atoms with Gasteiger partial charge in [0.05, 0.1) is 12.5 Å². The summed E-state index contributed by atoms with van der Waals surface area (Å²) in [5.41, 5.74) is 1.53. The van der Waals surface area contributed by atoms with E-state index >= 15 is 0 Å². The molecule has 1 aromatic rings. The van der Waals surface area contributed by atoms with Gasteiger partial charge in [0.1, 0.15) is 5.82 Å². The van der Waals surface area contributed by atoms with Gasteiger partial charge in [-0.15, -0.1) is 0 Å². The van der Waals surface area contributed by atoms with Crippen molar-refractivity contribution in [2.45, 2.75) is 39.0 Å². The van der Waals surface area contributed by atoms with Crippen molar-refractivity contribution < 1.29 is 4.39 Å². The van der Waals surface area contributed by atoms with Gasteiger partial charge in [-0.1, -0.05) is 26.0 Å². The maximum absolute atomic E-state index is 13.7. The lowest BCUT2D eigenvalue weighted by Crippen LogP contribution is -2.00. The minimum absolute atomic E-state index is 0.170. The fourth-order valence-electron chi connectivity index (χ4n) is 1.83. The molecule has 0 atom stereocenters. The number of hydrogen-bond acceptors (Lipinski definition) is 1. The van der Waals surface area contributed by atoms with E-state index in [2.05, 4.69) is 13.8 Å². The van der Waals surface area contributed by atoms with Crippen LogP contribution in [0.3, 0.4) is 0 Å². The average molecular weight is 205 g/mol. The first kappa shape index (κ1) is 11.7. The van der Waals surface area contributed by atoms with Gasteiger partial charge in [-0.2, -0.15) is 5.26 Å². The molecule has 0 unspecified atom stereocenters.